The molecule has 0 heterocycles. The third kappa shape index (κ3) is 0.525. The van der Waals surface area contributed by atoms with Crippen LogP contribution in [0, 0.1) is 5.41 Å². The van der Waals surface area contributed by atoms with Gasteiger partial charge in [-0.2, -0.15) is 0 Å². The molecular formula is C8H10. The van der Waals surface area contributed by atoms with Crippen molar-refractivity contribution in [2.45, 2.75) is 19.3 Å². The highest BCUT2D eigenvalue weighted by molar-refractivity contribution is 5.35. The molecule has 0 heteroatoms. The summed E-state index contributed by atoms with van der Waals surface area (Å²) in [6.07, 6.45) is 13.3. The Balaban J connectivity index is 2.15. The van der Waals surface area contributed by atoms with Crippen molar-refractivity contribution >= 4 is 0 Å². The first-order chi connectivity index (χ1) is 3.91. The molecule has 0 aliphatic heterocycles. The number of hydrogen-bond donors (Lipinski definition) is 0. The quantitative estimate of drug-likeness (QED) is 0.415. The van der Waals surface area contributed by atoms with Crippen LogP contribution in [0.4, 0.5) is 0 Å². The molecule has 1 spiro atoms. The minimum absolute atomic E-state index is 0.498. The number of allylic oxidation sites excluding steroid dienone is 4. The summed E-state index contributed by atoms with van der Waals surface area (Å²) in [5, 5.41) is 0. The summed E-state index contributed by atoms with van der Waals surface area (Å²) in [7, 11) is 0. The minimum atomic E-state index is 0.498. The van der Waals surface area contributed by atoms with E-state index < -0.39 is 0 Å². The van der Waals surface area contributed by atoms with E-state index in [2.05, 4.69) is 24.3 Å². The van der Waals surface area contributed by atoms with E-state index in [0.29, 0.717) is 5.41 Å². The molecule has 0 fully saturated rings. The maximum atomic E-state index is 2.33. The van der Waals surface area contributed by atoms with Gasteiger partial charge in [-0.25, -0.2) is 0 Å². The fourth-order valence-electron chi connectivity index (χ4n) is 1.30. The molecule has 0 atom stereocenters. The van der Waals surface area contributed by atoms with Gasteiger partial charge in [0.15, 0.2) is 0 Å². The van der Waals surface area contributed by atoms with Gasteiger partial charge in [-0.1, -0.05) is 24.3 Å². The van der Waals surface area contributed by atoms with Gasteiger partial charge in [-0.15, -0.1) is 0 Å². The Morgan fingerprint density at radius 1 is 1.12 bits per heavy atom. The van der Waals surface area contributed by atoms with E-state index in [1.165, 1.54) is 19.3 Å². The van der Waals surface area contributed by atoms with Crippen molar-refractivity contribution in [2.75, 3.05) is 0 Å². The van der Waals surface area contributed by atoms with Crippen molar-refractivity contribution < 1.29 is 0 Å². The van der Waals surface area contributed by atoms with Crippen LogP contribution in [-0.4, -0.2) is 0 Å². The average Bonchev–Trinajstić information content (AvgIpc) is 2.52. The Kier molecular flexibility index (Phi) is 0.682. The van der Waals surface area contributed by atoms with Gasteiger partial charge in [0.05, 0.1) is 0 Å². The molecule has 0 amide bonds. The van der Waals surface area contributed by atoms with E-state index >= 15 is 0 Å². The van der Waals surface area contributed by atoms with Crippen LogP contribution in [0.1, 0.15) is 19.3 Å². The van der Waals surface area contributed by atoms with Crippen molar-refractivity contribution in [1.29, 1.82) is 0 Å². The van der Waals surface area contributed by atoms with Crippen molar-refractivity contribution in [3.63, 3.8) is 0 Å². The Hall–Kier alpha value is -0.520. The number of hydrogen-bond acceptors (Lipinski definition) is 0. The molecule has 42 valence electrons. The molecule has 0 N–H and O–H groups in total. The summed E-state index contributed by atoms with van der Waals surface area (Å²) < 4.78 is 0. The van der Waals surface area contributed by atoms with Gasteiger partial charge < -0.3 is 0 Å². The van der Waals surface area contributed by atoms with Crippen LogP contribution < -0.4 is 0 Å². The molecule has 0 unspecified atom stereocenters. The topological polar surface area (TPSA) is 0 Å². The Morgan fingerprint density at radius 3 is 2.38 bits per heavy atom. The van der Waals surface area contributed by atoms with E-state index in [0.717, 1.165) is 0 Å². The Bertz CT molecular complexity index is 145. The zero-order valence-electron chi connectivity index (χ0n) is 4.93. The minimum Gasteiger partial charge on any atom is -0.0874 e. The zero-order valence-corrected chi connectivity index (χ0v) is 4.93. The van der Waals surface area contributed by atoms with Gasteiger partial charge in [0.25, 0.3) is 0 Å². The van der Waals surface area contributed by atoms with E-state index in [1.54, 1.807) is 0 Å². The standard InChI is InChI=1S/C8H10/c1-2-4-8(5-3-1)6-7-8/h2,4,6-7H,1,3,5H2. The number of rotatable bonds is 0. The second kappa shape index (κ2) is 1.25. The van der Waals surface area contributed by atoms with Crippen molar-refractivity contribution in [1.82, 2.24) is 0 Å². The molecular weight excluding hydrogens is 96.1 g/mol. The van der Waals surface area contributed by atoms with Crippen LogP contribution in [0.5, 0.6) is 0 Å². The second-order valence-electron chi connectivity index (χ2n) is 2.74. The van der Waals surface area contributed by atoms with Gasteiger partial charge in [-0.3, -0.25) is 0 Å². The van der Waals surface area contributed by atoms with E-state index in [9.17, 15) is 0 Å². The Morgan fingerprint density at radius 2 is 2.00 bits per heavy atom. The fraction of sp³-hybridized carbons (Fsp3) is 0.500. The smallest absolute Gasteiger partial charge is 0.0242 e. The van der Waals surface area contributed by atoms with Crippen LogP contribution in [0.2, 0.25) is 0 Å². The maximum absolute atomic E-state index is 2.33. The summed E-state index contributed by atoms with van der Waals surface area (Å²) in [4.78, 5) is 0. The summed E-state index contributed by atoms with van der Waals surface area (Å²) in [6, 6.07) is 0. The first-order valence-corrected chi connectivity index (χ1v) is 3.29. The molecule has 0 bridgehead atoms. The lowest BCUT2D eigenvalue weighted by Crippen LogP contribution is -2.00. The summed E-state index contributed by atoms with van der Waals surface area (Å²) >= 11 is 0. The van der Waals surface area contributed by atoms with Crippen LogP contribution in [0.25, 0.3) is 0 Å². The molecule has 0 aromatic heterocycles. The van der Waals surface area contributed by atoms with E-state index in [4.69, 9.17) is 0 Å². The normalized spacial score (nSPS) is 29.0. The third-order valence-electron chi connectivity index (χ3n) is 2.00. The predicted molar refractivity (Wildman–Crippen MR) is 34.6 cm³/mol. The molecule has 0 aromatic rings. The van der Waals surface area contributed by atoms with Crippen molar-refractivity contribution in [3.8, 4) is 0 Å². The van der Waals surface area contributed by atoms with Gasteiger partial charge in [0.1, 0.15) is 0 Å². The van der Waals surface area contributed by atoms with Crippen molar-refractivity contribution in [3.05, 3.63) is 24.3 Å². The summed E-state index contributed by atoms with van der Waals surface area (Å²) in [6.45, 7) is 0. The Labute approximate surface area is 49.9 Å². The predicted octanol–water partition coefficient (Wildman–Crippen LogP) is 2.28. The second-order valence-corrected chi connectivity index (χ2v) is 2.74. The molecule has 8 heavy (non-hydrogen) atoms. The maximum Gasteiger partial charge on any atom is 0.0242 e. The monoisotopic (exact) mass is 106 g/mol. The lowest BCUT2D eigenvalue weighted by Gasteiger charge is -2.13. The fourth-order valence-corrected chi connectivity index (χ4v) is 1.30. The highest BCUT2D eigenvalue weighted by atomic mass is 14.3. The van der Waals surface area contributed by atoms with Crippen LogP contribution in [0.3, 0.4) is 0 Å². The average molecular weight is 106 g/mol. The molecule has 0 radical (unpaired) electrons. The molecule has 2 aliphatic carbocycles. The van der Waals surface area contributed by atoms with E-state index in [-0.39, 0.29) is 0 Å². The molecule has 0 saturated heterocycles. The van der Waals surface area contributed by atoms with E-state index in [1.807, 2.05) is 0 Å². The van der Waals surface area contributed by atoms with Crippen molar-refractivity contribution in [2.24, 2.45) is 5.41 Å². The molecule has 2 aliphatic rings. The molecule has 0 saturated carbocycles. The largest absolute Gasteiger partial charge is 0.0874 e. The summed E-state index contributed by atoms with van der Waals surface area (Å²) in [5.41, 5.74) is 0.498. The first-order valence-electron chi connectivity index (χ1n) is 3.29. The van der Waals surface area contributed by atoms with Gasteiger partial charge in [0.2, 0.25) is 0 Å². The zero-order chi connectivity index (χ0) is 5.45. The lowest BCUT2D eigenvalue weighted by molar-refractivity contribution is 0.575. The highest BCUT2D eigenvalue weighted by Gasteiger charge is 2.31. The van der Waals surface area contributed by atoms with Gasteiger partial charge in [-0.05, 0) is 19.3 Å². The third-order valence-corrected chi connectivity index (χ3v) is 2.00. The summed E-state index contributed by atoms with van der Waals surface area (Å²) in [5.74, 6) is 0. The first kappa shape index (κ1) is 4.37. The lowest BCUT2D eigenvalue weighted by atomic mass is 9.91. The van der Waals surface area contributed by atoms with Gasteiger partial charge in [0, 0.05) is 5.41 Å². The van der Waals surface area contributed by atoms with Gasteiger partial charge >= 0.3 is 0 Å². The van der Waals surface area contributed by atoms with Crippen LogP contribution in [-0.2, 0) is 0 Å². The SMILES string of the molecule is C1=CC2(C=C2)CCC1. The highest BCUT2D eigenvalue weighted by Crippen LogP contribution is 2.43. The molecule has 2 rings (SSSR count). The molecule has 0 aromatic carbocycles. The van der Waals surface area contributed by atoms with Crippen LogP contribution >= 0.6 is 0 Å². The molecule has 0 nitrogen and oxygen atoms in total. The van der Waals surface area contributed by atoms with Crippen LogP contribution in [0.15, 0.2) is 24.3 Å².